The first-order valence-electron chi connectivity index (χ1n) is 4.72. The summed E-state index contributed by atoms with van der Waals surface area (Å²) < 4.78 is 5.07. The maximum atomic E-state index is 11.7. The zero-order valence-electron chi connectivity index (χ0n) is 8.63. The normalized spacial score (nSPS) is 9.94. The largest absolute Gasteiger partial charge is 0.420 e. The Morgan fingerprint density at radius 2 is 2.06 bits per heavy atom. The van der Waals surface area contributed by atoms with Crippen LogP contribution in [0.25, 0.3) is 0 Å². The molecule has 0 radical (unpaired) electrons. The van der Waals surface area contributed by atoms with Crippen LogP contribution in [-0.2, 0) is 0 Å². The van der Waals surface area contributed by atoms with Crippen molar-refractivity contribution in [3.05, 3.63) is 47.2 Å². The quantitative estimate of drug-likeness (QED) is 0.650. The van der Waals surface area contributed by atoms with Crippen LogP contribution in [0.2, 0.25) is 5.02 Å². The van der Waals surface area contributed by atoms with Crippen LogP contribution in [0, 0.1) is 0 Å². The van der Waals surface area contributed by atoms with Gasteiger partial charge < -0.3 is 10.5 Å². The van der Waals surface area contributed by atoms with Crippen molar-refractivity contribution in [2.24, 2.45) is 0 Å². The number of carbonyl (C=O) groups excluding carboxylic acids is 1. The molecular weight excluding hydrogens is 242 g/mol. The van der Waals surface area contributed by atoms with E-state index in [-0.39, 0.29) is 17.4 Å². The van der Waals surface area contributed by atoms with Gasteiger partial charge in [-0.15, -0.1) is 0 Å². The van der Waals surface area contributed by atoms with Gasteiger partial charge in [0.25, 0.3) is 0 Å². The number of halogens is 1. The Morgan fingerprint density at radius 3 is 2.76 bits per heavy atom. The lowest BCUT2D eigenvalue weighted by Crippen LogP contribution is -2.12. The summed E-state index contributed by atoms with van der Waals surface area (Å²) in [6.45, 7) is 0. The van der Waals surface area contributed by atoms with Crippen molar-refractivity contribution in [2.45, 2.75) is 0 Å². The average Bonchev–Trinajstić information content (AvgIpc) is 2.32. The molecule has 0 unspecified atom stereocenters. The zero-order valence-corrected chi connectivity index (χ0v) is 9.39. The maximum absolute atomic E-state index is 11.7. The third-order valence-electron chi connectivity index (χ3n) is 1.92. The highest BCUT2D eigenvalue weighted by Crippen LogP contribution is 2.23. The van der Waals surface area contributed by atoms with Gasteiger partial charge in [0, 0.05) is 6.20 Å². The van der Waals surface area contributed by atoms with Crippen LogP contribution in [0.4, 0.5) is 5.95 Å². The number of nitrogens with zero attached hydrogens (tertiary/aromatic N) is 2. The molecule has 0 aliphatic carbocycles. The number of esters is 1. The molecule has 5 nitrogen and oxygen atoms in total. The Labute approximate surface area is 102 Å². The van der Waals surface area contributed by atoms with Gasteiger partial charge in [-0.2, -0.15) is 0 Å². The van der Waals surface area contributed by atoms with Crippen molar-refractivity contribution < 1.29 is 9.53 Å². The smallest absolute Gasteiger partial charge is 0.362 e. The lowest BCUT2D eigenvalue weighted by atomic mass is 10.3. The molecule has 1 aromatic carbocycles. The average molecular weight is 250 g/mol. The minimum absolute atomic E-state index is 0.0126. The lowest BCUT2D eigenvalue weighted by Gasteiger charge is -2.05. The van der Waals surface area contributed by atoms with Gasteiger partial charge in [0.1, 0.15) is 5.75 Å². The van der Waals surface area contributed by atoms with E-state index in [0.717, 1.165) is 0 Å². The molecule has 2 aromatic rings. The van der Waals surface area contributed by atoms with E-state index in [1.54, 1.807) is 24.3 Å². The van der Waals surface area contributed by atoms with Crippen molar-refractivity contribution in [3.8, 4) is 5.75 Å². The summed E-state index contributed by atoms with van der Waals surface area (Å²) in [6, 6.07) is 8.07. The number of para-hydroxylation sites is 1. The Kier molecular flexibility index (Phi) is 3.20. The molecule has 86 valence electrons. The van der Waals surface area contributed by atoms with Crippen LogP contribution in [0.1, 0.15) is 10.5 Å². The SMILES string of the molecule is Nc1nccc(C(=O)Oc2ccccc2Cl)n1. The number of ether oxygens (including phenoxy) is 1. The summed E-state index contributed by atoms with van der Waals surface area (Å²) in [7, 11) is 0. The molecule has 0 fully saturated rings. The summed E-state index contributed by atoms with van der Waals surface area (Å²) in [5, 5.41) is 0.350. The van der Waals surface area contributed by atoms with Gasteiger partial charge >= 0.3 is 5.97 Å². The number of aromatic nitrogens is 2. The lowest BCUT2D eigenvalue weighted by molar-refractivity contribution is 0.0728. The van der Waals surface area contributed by atoms with Crippen LogP contribution in [-0.4, -0.2) is 15.9 Å². The van der Waals surface area contributed by atoms with Gasteiger partial charge in [-0.3, -0.25) is 0 Å². The minimum Gasteiger partial charge on any atom is -0.420 e. The molecule has 0 bridgehead atoms. The van der Waals surface area contributed by atoms with E-state index in [1.807, 2.05) is 0 Å². The number of anilines is 1. The Hall–Kier alpha value is -2.14. The molecule has 0 aliphatic heterocycles. The second-order valence-corrected chi connectivity index (χ2v) is 3.53. The molecule has 0 saturated carbocycles. The van der Waals surface area contributed by atoms with E-state index >= 15 is 0 Å². The van der Waals surface area contributed by atoms with E-state index < -0.39 is 5.97 Å². The second kappa shape index (κ2) is 4.80. The summed E-state index contributed by atoms with van der Waals surface area (Å²) in [4.78, 5) is 19.1. The standard InChI is InChI=1S/C11H8ClN3O2/c12-7-3-1-2-4-9(7)17-10(16)8-5-6-14-11(13)15-8/h1-6H,(H2,13,14,15). The van der Waals surface area contributed by atoms with Crippen molar-refractivity contribution >= 4 is 23.5 Å². The molecule has 0 atom stereocenters. The fraction of sp³-hybridized carbons (Fsp3) is 0. The third-order valence-corrected chi connectivity index (χ3v) is 2.23. The highest BCUT2D eigenvalue weighted by atomic mass is 35.5. The summed E-state index contributed by atoms with van der Waals surface area (Å²) in [5.41, 5.74) is 5.44. The third kappa shape index (κ3) is 2.70. The van der Waals surface area contributed by atoms with Gasteiger partial charge in [0.15, 0.2) is 5.69 Å². The van der Waals surface area contributed by atoms with E-state index in [4.69, 9.17) is 22.1 Å². The summed E-state index contributed by atoms with van der Waals surface area (Å²) >= 11 is 5.85. The van der Waals surface area contributed by atoms with Gasteiger partial charge in [0.05, 0.1) is 5.02 Å². The molecule has 0 aliphatic rings. The van der Waals surface area contributed by atoms with Gasteiger partial charge in [-0.05, 0) is 18.2 Å². The zero-order chi connectivity index (χ0) is 12.3. The van der Waals surface area contributed by atoms with E-state index in [9.17, 15) is 4.79 Å². The highest BCUT2D eigenvalue weighted by molar-refractivity contribution is 6.32. The van der Waals surface area contributed by atoms with Crippen molar-refractivity contribution in [1.82, 2.24) is 9.97 Å². The van der Waals surface area contributed by atoms with Crippen molar-refractivity contribution in [2.75, 3.05) is 5.73 Å². The fourth-order valence-corrected chi connectivity index (χ4v) is 1.34. The number of nitrogen functional groups attached to an aromatic ring is 1. The molecule has 17 heavy (non-hydrogen) atoms. The monoisotopic (exact) mass is 249 g/mol. The number of hydrogen-bond donors (Lipinski definition) is 1. The van der Waals surface area contributed by atoms with Crippen LogP contribution in [0.3, 0.4) is 0 Å². The molecule has 6 heteroatoms. The predicted molar refractivity (Wildman–Crippen MR) is 62.9 cm³/mol. The number of nitrogens with two attached hydrogens (primary N) is 1. The Bertz CT molecular complexity index is 560. The number of carbonyl (C=O) groups is 1. The molecule has 2 N–H and O–H groups in total. The first kappa shape index (κ1) is 11.3. The van der Waals surface area contributed by atoms with Gasteiger partial charge in [-0.25, -0.2) is 14.8 Å². The van der Waals surface area contributed by atoms with Crippen molar-refractivity contribution in [1.29, 1.82) is 0 Å². The number of hydrogen-bond acceptors (Lipinski definition) is 5. The number of rotatable bonds is 2. The molecule has 0 spiro atoms. The number of benzene rings is 1. The minimum atomic E-state index is -0.632. The Morgan fingerprint density at radius 1 is 1.29 bits per heavy atom. The van der Waals surface area contributed by atoms with E-state index in [2.05, 4.69) is 9.97 Å². The first-order valence-corrected chi connectivity index (χ1v) is 5.10. The predicted octanol–water partition coefficient (Wildman–Crippen LogP) is 1.93. The van der Waals surface area contributed by atoms with Crippen LogP contribution >= 0.6 is 11.6 Å². The molecule has 1 heterocycles. The molecular formula is C11H8ClN3O2. The van der Waals surface area contributed by atoms with Gasteiger partial charge in [-0.1, -0.05) is 23.7 Å². The van der Waals surface area contributed by atoms with Gasteiger partial charge in [0.2, 0.25) is 5.95 Å². The topological polar surface area (TPSA) is 78.1 Å². The van der Waals surface area contributed by atoms with Crippen molar-refractivity contribution in [3.63, 3.8) is 0 Å². The molecule has 1 aromatic heterocycles. The van der Waals surface area contributed by atoms with E-state index in [1.165, 1.54) is 12.3 Å². The van der Waals surface area contributed by atoms with Crippen LogP contribution < -0.4 is 10.5 Å². The molecule has 0 saturated heterocycles. The molecule has 2 rings (SSSR count). The Balaban J connectivity index is 2.20. The van der Waals surface area contributed by atoms with Crippen LogP contribution in [0.5, 0.6) is 5.75 Å². The highest BCUT2D eigenvalue weighted by Gasteiger charge is 2.12. The first-order chi connectivity index (χ1) is 8.16. The van der Waals surface area contributed by atoms with E-state index in [0.29, 0.717) is 5.02 Å². The summed E-state index contributed by atoms with van der Waals surface area (Å²) in [6.07, 6.45) is 1.38. The van der Waals surface area contributed by atoms with Crippen LogP contribution in [0.15, 0.2) is 36.5 Å². The second-order valence-electron chi connectivity index (χ2n) is 3.12. The summed E-state index contributed by atoms with van der Waals surface area (Å²) in [5.74, 6) is -0.345. The molecule has 0 amide bonds. The maximum Gasteiger partial charge on any atom is 0.362 e. The fourth-order valence-electron chi connectivity index (χ4n) is 1.17.